The van der Waals surface area contributed by atoms with Gasteiger partial charge in [-0.3, -0.25) is 4.79 Å². The van der Waals surface area contributed by atoms with Crippen LogP contribution in [0, 0.1) is 5.82 Å². The minimum atomic E-state index is -0.521. The van der Waals surface area contributed by atoms with Crippen molar-refractivity contribution in [1.29, 1.82) is 0 Å². The van der Waals surface area contributed by atoms with Crippen LogP contribution in [0.5, 0.6) is 0 Å². The average molecular weight is 332 g/mol. The van der Waals surface area contributed by atoms with E-state index in [1.165, 1.54) is 29.2 Å². The summed E-state index contributed by atoms with van der Waals surface area (Å²) in [5.41, 5.74) is 0.146. The molecule has 0 fully saturated rings. The third-order valence-electron chi connectivity index (χ3n) is 3.06. The molecule has 116 valence electrons. The van der Waals surface area contributed by atoms with E-state index in [0.29, 0.717) is 11.6 Å². The molecule has 0 radical (unpaired) electrons. The summed E-state index contributed by atoms with van der Waals surface area (Å²) in [6.07, 6.45) is 4.45. The van der Waals surface area contributed by atoms with E-state index in [9.17, 15) is 9.18 Å². The van der Waals surface area contributed by atoms with Crippen molar-refractivity contribution in [2.45, 2.75) is 6.42 Å². The molecule has 3 rings (SSSR count). The smallest absolute Gasteiger partial charge is 0.230 e. The van der Waals surface area contributed by atoms with Crippen LogP contribution in [0.1, 0.15) is 5.56 Å². The van der Waals surface area contributed by atoms with Crippen molar-refractivity contribution < 1.29 is 9.18 Å². The molecule has 1 N–H and O–H groups in total. The Morgan fingerprint density at radius 3 is 2.91 bits per heavy atom. The zero-order chi connectivity index (χ0) is 16.2. The average Bonchev–Trinajstić information content (AvgIpc) is 3.06. The molecule has 0 saturated heterocycles. The number of nitrogens with one attached hydrogen (secondary N) is 1. The summed E-state index contributed by atoms with van der Waals surface area (Å²) >= 11 is 5.91. The van der Waals surface area contributed by atoms with E-state index in [1.807, 2.05) is 0 Å². The molecule has 0 saturated carbocycles. The van der Waals surface area contributed by atoms with Gasteiger partial charge in [-0.25, -0.2) is 19.0 Å². The van der Waals surface area contributed by atoms with Gasteiger partial charge in [0, 0.05) is 29.0 Å². The lowest BCUT2D eigenvalue weighted by molar-refractivity contribution is -0.115. The molecule has 0 atom stereocenters. The number of rotatable bonds is 4. The highest BCUT2D eigenvalue weighted by Gasteiger charge is 2.13. The molecule has 0 spiro atoms. The number of hydrogen-bond acceptors (Lipinski definition) is 4. The molecule has 0 aliphatic carbocycles. The number of hydrogen-bond donors (Lipinski definition) is 1. The maximum atomic E-state index is 13.7. The first-order valence-corrected chi connectivity index (χ1v) is 7.06. The molecule has 2 aromatic heterocycles. The Morgan fingerprint density at radius 2 is 2.17 bits per heavy atom. The fourth-order valence-electron chi connectivity index (χ4n) is 1.99. The summed E-state index contributed by atoms with van der Waals surface area (Å²) in [4.78, 5) is 20.1. The number of nitrogens with zero attached hydrogens (tertiary/aromatic N) is 4. The van der Waals surface area contributed by atoms with E-state index in [4.69, 9.17) is 11.6 Å². The predicted octanol–water partition coefficient (Wildman–Crippen LogP) is 2.64. The molecular formula is C15H11ClFN5O. The van der Waals surface area contributed by atoms with Crippen LogP contribution in [-0.2, 0) is 11.2 Å². The van der Waals surface area contributed by atoms with E-state index < -0.39 is 11.7 Å². The van der Waals surface area contributed by atoms with Gasteiger partial charge in [0.05, 0.1) is 6.42 Å². The number of aromatic nitrogens is 4. The van der Waals surface area contributed by atoms with Crippen molar-refractivity contribution in [3.05, 3.63) is 65.5 Å². The molecule has 1 amide bonds. The van der Waals surface area contributed by atoms with Crippen LogP contribution < -0.4 is 5.32 Å². The van der Waals surface area contributed by atoms with E-state index >= 15 is 0 Å². The Balaban J connectivity index is 1.75. The van der Waals surface area contributed by atoms with Crippen LogP contribution in [0.3, 0.4) is 0 Å². The third-order valence-corrected chi connectivity index (χ3v) is 3.41. The molecular weight excluding hydrogens is 321 g/mol. The van der Waals surface area contributed by atoms with Gasteiger partial charge in [0.2, 0.25) is 5.91 Å². The molecule has 8 heteroatoms. The second kappa shape index (κ2) is 6.53. The van der Waals surface area contributed by atoms with Gasteiger partial charge in [-0.1, -0.05) is 17.7 Å². The molecule has 0 aliphatic rings. The van der Waals surface area contributed by atoms with Gasteiger partial charge in [-0.2, -0.15) is 5.10 Å². The molecule has 23 heavy (non-hydrogen) atoms. The van der Waals surface area contributed by atoms with Crippen molar-refractivity contribution in [2.75, 3.05) is 5.32 Å². The van der Waals surface area contributed by atoms with Gasteiger partial charge in [-0.05, 0) is 18.2 Å². The van der Waals surface area contributed by atoms with Crippen molar-refractivity contribution in [3.63, 3.8) is 0 Å². The Morgan fingerprint density at radius 1 is 1.30 bits per heavy atom. The maximum Gasteiger partial charge on any atom is 0.230 e. The molecule has 1 aromatic carbocycles. The number of amides is 1. The standard InChI is InChI=1S/C15H11ClFN5O/c16-11-3-1-4-12(17)10(11)7-15(23)21-13-8-14(19-9-18-13)22-6-2-5-20-22/h1-6,8-9H,7H2,(H,18,19,21,23). The number of halogens is 2. The first-order chi connectivity index (χ1) is 11.1. The van der Waals surface area contributed by atoms with Crippen LogP contribution in [0.15, 0.2) is 49.1 Å². The van der Waals surface area contributed by atoms with Gasteiger partial charge in [0.15, 0.2) is 5.82 Å². The van der Waals surface area contributed by atoms with Crippen molar-refractivity contribution >= 4 is 23.3 Å². The van der Waals surface area contributed by atoms with Crippen molar-refractivity contribution in [2.24, 2.45) is 0 Å². The summed E-state index contributed by atoms with van der Waals surface area (Å²) in [6.45, 7) is 0. The van der Waals surface area contributed by atoms with Crippen LogP contribution in [-0.4, -0.2) is 25.7 Å². The van der Waals surface area contributed by atoms with E-state index in [2.05, 4.69) is 20.4 Å². The molecule has 6 nitrogen and oxygen atoms in total. The topological polar surface area (TPSA) is 72.7 Å². The zero-order valence-electron chi connectivity index (χ0n) is 11.8. The van der Waals surface area contributed by atoms with Gasteiger partial charge < -0.3 is 5.32 Å². The first kappa shape index (κ1) is 15.1. The number of carbonyl (C=O) groups excluding carboxylic acids is 1. The summed E-state index contributed by atoms with van der Waals surface area (Å²) in [5, 5.41) is 6.84. The molecule has 3 aromatic rings. The van der Waals surface area contributed by atoms with Gasteiger partial charge in [0.25, 0.3) is 0 Å². The second-order valence-electron chi connectivity index (χ2n) is 4.64. The molecule has 0 unspecified atom stereocenters. The van der Waals surface area contributed by atoms with Crippen LogP contribution in [0.25, 0.3) is 5.82 Å². The van der Waals surface area contributed by atoms with Gasteiger partial charge in [-0.15, -0.1) is 0 Å². The van der Waals surface area contributed by atoms with Crippen LogP contribution in [0.4, 0.5) is 10.2 Å². The highest BCUT2D eigenvalue weighted by molar-refractivity contribution is 6.31. The molecule has 0 bridgehead atoms. The molecule has 0 aliphatic heterocycles. The third kappa shape index (κ3) is 3.51. The highest BCUT2D eigenvalue weighted by atomic mass is 35.5. The van der Waals surface area contributed by atoms with Crippen molar-refractivity contribution in [1.82, 2.24) is 19.7 Å². The summed E-state index contributed by atoms with van der Waals surface area (Å²) in [6, 6.07) is 7.59. The fraction of sp³-hybridized carbons (Fsp3) is 0.0667. The lowest BCUT2D eigenvalue weighted by Gasteiger charge is -2.08. The predicted molar refractivity (Wildman–Crippen MR) is 82.9 cm³/mol. The Labute approximate surface area is 136 Å². The van der Waals surface area contributed by atoms with E-state index in [1.54, 1.807) is 24.5 Å². The Bertz CT molecular complexity index is 817. The number of anilines is 1. The second-order valence-corrected chi connectivity index (χ2v) is 5.04. The Hall–Kier alpha value is -2.80. The summed E-state index contributed by atoms with van der Waals surface area (Å²) in [7, 11) is 0. The lowest BCUT2D eigenvalue weighted by atomic mass is 10.1. The summed E-state index contributed by atoms with van der Waals surface area (Å²) in [5.74, 6) is -0.151. The summed E-state index contributed by atoms with van der Waals surface area (Å²) < 4.78 is 15.2. The normalized spacial score (nSPS) is 10.5. The SMILES string of the molecule is O=C(Cc1c(F)cccc1Cl)Nc1cc(-n2cccn2)ncn1. The van der Waals surface area contributed by atoms with E-state index in [0.717, 1.165) is 0 Å². The first-order valence-electron chi connectivity index (χ1n) is 6.68. The van der Waals surface area contributed by atoms with Crippen molar-refractivity contribution in [3.8, 4) is 5.82 Å². The minimum Gasteiger partial charge on any atom is -0.310 e. The fourth-order valence-corrected chi connectivity index (χ4v) is 2.22. The van der Waals surface area contributed by atoms with E-state index in [-0.39, 0.29) is 17.0 Å². The minimum absolute atomic E-state index is 0.146. The molecule has 2 heterocycles. The maximum absolute atomic E-state index is 13.7. The largest absolute Gasteiger partial charge is 0.310 e. The Kier molecular flexibility index (Phi) is 4.29. The number of carbonyl (C=O) groups is 1. The monoisotopic (exact) mass is 331 g/mol. The lowest BCUT2D eigenvalue weighted by Crippen LogP contribution is -2.17. The highest BCUT2D eigenvalue weighted by Crippen LogP contribution is 2.20. The van der Waals surface area contributed by atoms with Gasteiger partial charge >= 0.3 is 0 Å². The van der Waals surface area contributed by atoms with Gasteiger partial charge in [0.1, 0.15) is 18.0 Å². The quantitative estimate of drug-likeness (QED) is 0.797. The zero-order valence-corrected chi connectivity index (χ0v) is 12.5. The number of benzene rings is 1. The van der Waals surface area contributed by atoms with Crippen LogP contribution >= 0.6 is 11.6 Å². The van der Waals surface area contributed by atoms with Crippen LogP contribution in [0.2, 0.25) is 5.02 Å².